The van der Waals surface area contributed by atoms with Gasteiger partial charge in [-0.1, -0.05) is 17.7 Å². The van der Waals surface area contributed by atoms with Crippen LogP contribution in [-0.2, 0) is 11.3 Å². The van der Waals surface area contributed by atoms with Crippen molar-refractivity contribution in [2.45, 2.75) is 77.0 Å². The number of hydrogen-bond acceptors (Lipinski definition) is 9. The first-order chi connectivity index (χ1) is 18.5. The standard InChI is InChI=1S/C27H38N8O3/c1-4-17-8-10-18(11-9-17)14-35-21-22(28-16(2)19-6-5-7-19)29-24(25-32-27(36)38-33-25)30-23(21)31-26(35)34-13-12-20(15-34)37-3/h4,16-20H,1,5-15H2,2-3H3,(H,28,29,30)(H,32,33,36)/t16-,17?,18?,20?/m1/s1. The molecule has 11 heteroatoms. The maximum Gasteiger partial charge on any atom is 0.439 e. The Bertz CT molecular complexity index is 1330. The van der Waals surface area contributed by atoms with E-state index in [2.05, 4.69) is 44.5 Å². The highest BCUT2D eigenvalue weighted by molar-refractivity contribution is 5.87. The topological polar surface area (TPSA) is 127 Å². The number of allylic oxidation sites excluding steroid dienone is 1. The van der Waals surface area contributed by atoms with Crippen LogP contribution in [0.25, 0.3) is 22.8 Å². The summed E-state index contributed by atoms with van der Waals surface area (Å²) in [6.07, 6.45) is 11.6. The second-order valence-corrected chi connectivity index (χ2v) is 11.3. The Balaban J connectivity index is 1.44. The molecule has 3 aromatic heterocycles. The summed E-state index contributed by atoms with van der Waals surface area (Å²) >= 11 is 0. The van der Waals surface area contributed by atoms with Gasteiger partial charge in [0.25, 0.3) is 0 Å². The Kier molecular flexibility index (Phi) is 6.94. The smallest absolute Gasteiger partial charge is 0.380 e. The molecule has 11 nitrogen and oxygen atoms in total. The molecule has 0 radical (unpaired) electrons. The maximum atomic E-state index is 11.7. The number of nitrogens with one attached hydrogen (secondary N) is 2. The molecule has 0 bridgehead atoms. The molecule has 2 atom stereocenters. The van der Waals surface area contributed by atoms with E-state index in [9.17, 15) is 4.79 Å². The van der Waals surface area contributed by atoms with Gasteiger partial charge in [0.15, 0.2) is 11.5 Å². The van der Waals surface area contributed by atoms with Gasteiger partial charge in [-0.2, -0.15) is 4.98 Å². The monoisotopic (exact) mass is 522 g/mol. The molecule has 2 aliphatic carbocycles. The second kappa shape index (κ2) is 10.5. The minimum atomic E-state index is -0.634. The molecule has 204 valence electrons. The zero-order chi connectivity index (χ0) is 26.2. The van der Waals surface area contributed by atoms with Crippen molar-refractivity contribution < 1.29 is 9.26 Å². The number of aromatic nitrogens is 6. The third-order valence-electron chi connectivity index (χ3n) is 8.88. The number of ether oxygens (including phenoxy) is 1. The molecule has 6 rings (SSSR count). The molecule has 3 fully saturated rings. The zero-order valence-electron chi connectivity index (χ0n) is 22.4. The van der Waals surface area contributed by atoms with Crippen LogP contribution < -0.4 is 16.0 Å². The van der Waals surface area contributed by atoms with Gasteiger partial charge < -0.3 is 19.5 Å². The van der Waals surface area contributed by atoms with E-state index in [1.54, 1.807) is 7.11 Å². The van der Waals surface area contributed by atoms with Crippen LogP contribution in [0.4, 0.5) is 11.8 Å². The van der Waals surface area contributed by atoms with Crippen LogP contribution in [0, 0.1) is 17.8 Å². The molecular weight excluding hydrogens is 484 g/mol. The fourth-order valence-corrected chi connectivity index (χ4v) is 6.21. The lowest BCUT2D eigenvalue weighted by Crippen LogP contribution is -2.31. The summed E-state index contributed by atoms with van der Waals surface area (Å²) in [4.78, 5) is 31.3. The van der Waals surface area contributed by atoms with Gasteiger partial charge in [0, 0.05) is 32.8 Å². The van der Waals surface area contributed by atoms with Crippen LogP contribution in [0.1, 0.15) is 58.3 Å². The number of H-pyrrole nitrogens is 1. The van der Waals surface area contributed by atoms with Crippen LogP contribution in [0.5, 0.6) is 0 Å². The maximum absolute atomic E-state index is 11.7. The fourth-order valence-electron chi connectivity index (χ4n) is 6.21. The second-order valence-electron chi connectivity index (χ2n) is 11.3. The summed E-state index contributed by atoms with van der Waals surface area (Å²) in [7, 11) is 1.77. The molecule has 3 aliphatic rings. The number of fused-ring (bicyclic) bond motifs is 1. The lowest BCUT2D eigenvalue weighted by Gasteiger charge is -2.32. The van der Waals surface area contributed by atoms with Crippen LogP contribution >= 0.6 is 0 Å². The summed E-state index contributed by atoms with van der Waals surface area (Å²) in [5.74, 6) is 3.28. The normalized spacial score (nSPS) is 25.0. The summed E-state index contributed by atoms with van der Waals surface area (Å²) in [6, 6.07) is 0.255. The highest BCUT2D eigenvalue weighted by atomic mass is 16.5. The fraction of sp³-hybridized carbons (Fsp3) is 0.667. The zero-order valence-corrected chi connectivity index (χ0v) is 22.4. The summed E-state index contributed by atoms with van der Waals surface area (Å²) < 4.78 is 12.8. The molecule has 2 N–H and O–H groups in total. The number of aromatic amines is 1. The van der Waals surface area contributed by atoms with Crippen LogP contribution in [0.2, 0.25) is 0 Å². The van der Waals surface area contributed by atoms with Gasteiger partial charge in [-0.3, -0.25) is 9.51 Å². The quantitative estimate of drug-likeness (QED) is 0.401. The molecule has 2 saturated carbocycles. The van der Waals surface area contributed by atoms with Gasteiger partial charge in [0.05, 0.1) is 6.10 Å². The Morgan fingerprint density at radius 2 is 2.00 bits per heavy atom. The van der Waals surface area contributed by atoms with E-state index in [1.165, 1.54) is 32.1 Å². The summed E-state index contributed by atoms with van der Waals surface area (Å²) in [6.45, 7) is 8.77. The Morgan fingerprint density at radius 3 is 2.63 bits per heavy atom. The average Bonchev–Trinajstić information content (AvgIpc) is 3.62. The highest BCUT2D eigenvalue weighted by Gasteiger charge is 2.32. The van der Waals surface area contributed by atoms with Gasteiger partial charge in [0.1, 0.15) is 5.52 Å². The van der Waals surface area contributed by atoms with E-state index in [1.807, 2.05) is 0 Å². The third kappa shape index (κ3) is 4.83. The van der Waals surface area contributed by atoms with E-state index < -0.39 is 5.76 Å². The van der Waals surface area contributed by atoms with Crippen molar-refractivity contribution in [3.8, 4) is 11.6 Å². The largest absolute Gasteiger partial charge is 0.439 e. The SMILES string of the molecule is C=CC1CCC(Cn2c(N3CCC(OC)C3)nc3nc(-c4noc(=O)[nH]4)nc(N[C@H](C)C4CCC4)c32)CC1. The van der Waals surface area contributed by atoms with Crippen molar-refractivity contribution in [1.29, 1.82) is 0 Å². The molecular formula is C27H38N8O3. The van der Waals surface area contributed by atoms with Crippen molar-refractivity contribution in [2.24, 2.45) is 17.8 Å². The molecule has 0 amide bonds. The highest BCUT2D eigenvalue weighted by Crippen LogP contribution is 2.37. The number of hydrogen-bond donors (Lipinski definition) is 2. The van der Waals surface area contributed by atoms with Crippen molar-refractivity contribution >= 4 is 22.9 Å². The average molecular weight is 523 g/mol. The van der Waals surface area contributed by atoms with Gasteiger partial charge in [-0.15, -0.1) is 6.58 Å². The third-order valence-corrected chi connectivity index (χ3v) is 8.88. The summed E-state index contributed by atoms with van der Waals surface area (Å²) in [5.41, 5.74) is 1.50. The van der Waals surface area contributed by atoms with Crippen molar-refractivity contribution in [3.05, 3.63) is 23.2 Å². The Hall–Kier alpha value is -3.21. The Labute approximate surface area is 222 Å². The van der Waals surface area contributed by atoms with E-state index >= 15 is 0 Å². The lowest BCUT2D eigenvalue weighted by atomic mass is 9.80. The predicted octanol–water partition coefficient (Wildman–Crippen LogP) is 3.99. The van der Waals surface area contributed by atoms with E-state index in [-0.39, 0.29) is 18.0 Å². The van der Waals surface area contributed by atoms with Crippen molar-refractivity contribution in [3.63, 3.8) is 0 Å². The van der Waals surface area contributed by atoms with Gasteiger partial charge in [0.2, 0.25) is 17.6 Å². The van der Waals surface area contributed by atoms with Crippen LogP contribution in [0.15, 0.2) is 22.0 Å². The minimum Gasteiger partial charge on any atom is -0.380 e. The van der Waals surface area contributed by atoms with E-state index in [0.29, 0.717) is 29.2 Å². The predicted molar refractivity (Wildman–Crippen MR) is 145 cm³/mol. The molecule has 38 heavy (non-hydrogen) atoms. The van der Waals surface area contributed by atoms with E-state index in [0.717, 1.165) is 56.2 Å². The molecule has 4 heterocycles. The van der Waals surface area contributed by atoms with Crippen molar-refractivity contribution in [1.82, 2.24) is 29.7 Å². The molecule has 3 aromatic rings. The number of imidazole rings is 1. The molecule has 1 saturated heterocycles. The molecule has 1 unspecified atom stereocenters. The number of rotatable bonds is 9. The first-order valence-electron chi connectivity index (χ1n) is 14.0. The van der Waals surface area contributed by atoms with Crippen LogP contribution in [0.3, 0.4) is 0 Å². The van der Waals surface area contributed by atoms with Gasteiger partial charge >= 0.3 is 5.76 Å². The van der Waals surface area contributed by atoms with E-state index in [4.69, 9.17) is 24.2 Å². The van der Waals surface area contributed by atoms with Crippen LogP contribution in [-0.4, -0.2) is 62.0 Å². The molecule has 0 spiro atoms. The molecule has 1 aliphatic heterocycles. The van der Waals surface area contributed by atoms with Gasteiger partial charge in [-0.05, 0) is 69.6 Å². The number of methoxy groups -OCH3 is 1. The van der Waals surface area contributed by atoms with Crippen molar-refractivity contribution in [2.75, 3.05) is 30.4 Å². The number of anilines is 2. The lowest BCUT2D eigenvalue weighted by molar-refractivity contribution is 0.121. The van der Waals surface area contributed by atoms with Gasteiger partial charge in [-0.25, -0.2) is 14.8 Å². The Morgan fingerprint density at radius 1 is 1.18 bits per heavy atom. The first kappa shape index (κ1) is 25.1. The summed E-state index contributed by atoms with van der Waals surface area (Å²) in [5, 5.41) is 7.55. The number of nitrogens with zero attached hydrogens (tertiary/aromatic N) is 6. The minimum absolute atomic E-state index is 0.185. The first-order valence-corrected chi connectivity index (χ1v) is 14.0. The molecule has 0 aromatic carbocycles.